The van der Waals surface area contributed by atoms with E-state index in [4.69, 9.17) is 26.7 Å². The number of hydrogen-bond acceptors (Lipinski definition) is 7. The first-order valence-electron chi connectivity index (χ1n) is 16.2. The molecule has 11 nitrogen and oxygen atoms in total. The van der Waals surface area contributed by atoms with Crippen molar-refractivity contribution in [2.45, 2.75) is 78.1 Å². The van der Waals surface area contributed by atoms with Crippen LogP contribution in [0.25, 0.3) is 16.7 Å². The van der Waals surface area contributed by atoms with Gasteiger partial charge in [-0.1, -0.05) is 59.7 Å². The number of rotatable bonds is 13. The molecule has 0 saturated heterocycles. The van der Waals surface area contributed by atoms with Gasteiger partial charge in [0.2, 0.25) is 0 Å². The molecule has 12 heteroatoms. The molecule has 0 spiro atoms. The minimum atomic E-state index is -1.14. The van der Waals surface area contributed by atoms with E-state index >= 15 is 0 Å². The average Bonchev–Trinajstić information content (AvgIpc) is 3.45. The zero-order valence-electron chi connectivity index (χ0n) is 29.4. The Morgan fingerprint density at radius 3 is 2.35 bits per heavy atom. The van der Waals surface area contributed by atoms with Crippen LogP contribution in [0.1, 0.15) is 70.3 Å². The number of alkyl halides is 1. The average molecular weight is 665 g/mol. The first-order valence-corrected chi connectivity index (χ1v) is 16.2. The fraction of sp³-hybridized carbons (Fsp3) is 0.472. The van der Waals surface area contributed by atoms with Crippen LogP contribution in [0.15, 0.2) is 64.5 Å². The van der Waals surface area contributed by atoms with Crippen LogP contribution >= 0.6 is 0 Å². The number of methoxy groups -OCH3 is 1. The number of ether oxygens (including phenoxy) is 2. The summed E-state index contributed by atoms with van der Waals surface area (Å²) in [5, 5.41) is 4.27. The van der Waals surface area contributed by atoms with Crippen molar-refractivity contribution in [2.24, 2.45) is 22.2 Å². The molecule has 2 aromatic carbocycles. The predicted molar refractivity (Wildman–Crippen MR) is 193 cm³/mol. The first-order chi connectivity index (χ1) is 22.6. The lowest BCUT2D eigenvalue weighted by atomic mass is 9.86. The number of aromatic amines is 1. The van der Waals surface area contributed by atoms with Crippen LogP contribution in [0.3, 0.4) is 0 Å². The lowest BCUT2D eigenvalue weighted by Gasteiger charge is -2.21. The molecule has 0 bridgehead atoms. The van der Waals surface area contributed by atoms with Gasteiger partial charge in [0.1, 0.15) is 24.2 Å². The van der Waals surface area contributed by atoms with Crippen molar-refractivity contribution in [1.29, 1.82) is 0 Å². The lowest BCUT2D eigenvalue weighted by Crippen LogP contribution is -2.23. The summed E-state index contributed by atoms with van der Waals surface area (Å²) in [4.78, 5) is 23.9. The van der Waals surface area contributed by atoms with E-state index in [2.05, 4.69) is 74.0 Å². The Morgan fingerprint density at radius 1 is 1.04 bits per heavy atom. The topological polar surface area (TPSA) is 172 Å². The molecule has 0 amide bonds. The zero-order chi connectivity index (χ0) is 35.5. The molecule has 4 rings (SSSR count). The number of nitrogens with two attached hydrogens (primary N) is 3. The van der Waals surface area contributed by atoms with Crippen molar-refractivity contribution < 1.29 is 13.9 Å². The SMILES string of the molecule is CC(C)(C)c1cc2cn(-c3ccc(CNCCCN=C(N)N)cc3)c(=O)nc2[nH]1.COCc1cc(OC[C@H](F)CN)cc(C(C)(C)C)c1. The molecule has 2 aromatic heterocycles. The predicted octanol–water partition coefficient (Wildman–Crippen LogP) is 4.57. The summed E-state index contributed by atoms with van der Waals surface area (Å²) in [7, 11) is 1.65. The van der Waals surface area contributed by atoms with Crippen LogP contribution in [0, 0.1) is 0 Å². The molecule has 48 heavy (non-hydrogen) atoms. The van der Waals surface area contributed by atoms with Gasteiger partial charge in [-0.15, -0.1) is 0 Å². The summed E-state index contributed by atoms with van der Waals surface area (Å²) >= 11 is 0. The number of benzene rings is 2. The minimum Gasteiger partial charge on any atom is -0.490 e. The molecule has 2 heterocycles. The molecular weight excluding hydrogens is 611 g/mol. The van der Waals surface area contributed by atoms with E-state index in [1.54, 1.807) is 11.7 Å². The molecule has 0 aliphatic rings. The zero-order valence-corrected chi connectivity index (χ0v) is 29.4. The van der Waals surface area contributed by atoms with Crippen molar-refractivity contribution in [3.8, 4) is 11.4 Å². The number of H-pyrrole nitrogens is 1. The van der Waals surface area contributed by atoms with Gasteiger partial charge in [-0.2, -0.15) is 4.98 Å². The van der Waals surface area contributed by atoms with Gasteiger partial charge in [-0.3, -0.25) is 9.56 Å². The third kappa shape index (κ3) is 11.8. The van der Waals surface area contributed by atoms with Crippen molar-refractivity contribution in [3.63, 3.8) is 0 Å². The molecule has 0 fully saturated rings. The van der Waals surface area contributed by atoms with Crippen LogP contribution in [-0.4, -0.2) is 60.0 Å². The first kappa shape index (κ1) is 38.2. The summed E-state index contributed by atoms with van der Waals surface area (Å²) in [6.07, 6.45) is 1.57. The third-order valence-electron chi connectivity index (χ3n) is 7.50. The Morgan fingerprint density at radius 2 is 1.75 bits per heavy atom. The quantitative estimate of drug-likeness (QED) is 0.0786. The van der Waals surface area contributed by atoms with Crippen molar-refractivity contribution in [1.82, 2.24) is 19.9 Å². The van der Waals surface area contributed by atoms with E-state index in [0.717, 1.165) is 53.0 Å². The van der Waals surface area contributed by atoms with Crippen LogP contribution in [0.5, 0.6) is 5.75 Å². The number of hydrogen-bond donors (Lipinski definition) is 5. The minimum absolute atomic E-state index is 0.00481. The van der Waals surface area contributed by atoms with E-state index in [1.165, 1.54) is 0 Å². The highest BCUT2D eigenvalue weighted by Crippen LogP contribution is 2.28. The molecule has 0 aliphatic heterocycles. The Kier molecular flexibility index (Phi) is 13.7. The van der Waals surface area contributed by atoms with Gasteiger partial charge in [0, 0.05) is 49.4 Å². The van der Waals surface area contributed by atoms with Gasteiger partial charge in [0.05, 0.1) is 12.3 Å². The Bertz CT molecular complexity index is 1680. The smallest absolute Gasteiger partial charge is 0.354 e. The van der Waals surface area contributed by atoms with E-state index in [-0.39, 0.29) is 35.6 Å². The number of aliphatic imine (C=N–C) groups is 1. The molecule has 0 saturated carbocycles. The van der Waals surface area contributed by atoms with Crippen molar-refractivity contribution >= 4 is 17.0 Å². The largest absolute Gasteiger partial charge is 0.490 e. The molecule has 0 unspecified atom stereocenters. The highest BCUT2D eigenvalue weighted by atomic mass is 19.1. The summed E-state index contributed by atoms with van der Waals surface area (Å²) in [5.41, 5.74) is 21.3. The van der Waals surface area contributed by atoms with E-state index < -0.39 is 6.17 Å². The van der Waals surface area contributed by atoms with Crippen molar-refractivity contribution in [2.75, 3.05) is 33.4 Å². The van der Waals surface area contributed by atoms with Crippen LogP contribution in [-0.2, 0) is 28.7 Å². The monoisotopic (exact) mass is 664 g/mol. The third-order valence-corrected chi connectivity index (χ3v) is 7.50. The fourth-order valence-electron chi connectivity index (χ4n) is 4.68. The molecule has 0 radical (unpaired) electrons. The Hall–Kier alpha value is -4.26. The van der Waals surface area contributed by atoms with Crippen LogP contribution in [0.2, 0.25) is 0 Å². The molecule has 1 atom stereocenters. The normalized spacial score (nSPS) is 12.4. The van der Waals surface area contributed by atoms with Gasteiger partial charge in [-0.05, 0) is 65.4 Å². The van der Waals surface area contributed by atoms with E-state index in [1.807, 2.05) is 42.6 Å². The maximum absolute atomic E-state index is 13.1. The van der Waals surface area contributed by atoms with Crippen molar-refractivity contribution in [3.05, 3.63) is 87.6 Å². The number of nitrogens with zero attached hydrogens (tertiary/aromatic N) is 3. The fourth-order valence-corrected chi connectivity index (χ4v) is 4.68. The lowest BCUT2D eigenvalue weighted by molar-refractivity contribution is 0.182. The number of nitrogens with one attached hydrogen (secondary N) is 2. The standard InChI is InChI=1S/C21H29N7O.C15H24FNO2/c1-21(2,3)17-11-15-13-28(20(29)27-18(15)26-17)16-7-5-14(6-8-16)12-24-9-4-10-25-19(22)23;1-15(2,3)12-5-11(9-18-4)6-14(7-12)19-10-13(16)8-17/h5-8,11,13,24H,4,9-10,12H2,1-3H3,(H4,22,23,25)(H,26,27,29);5-7,13H,8-10,17H2,1-4H3/t;13-/m.1/s1. The number of guanidine groups is 1. The Labute approximate surface area is 283 Å². The molecule has 0 aliphatic carbocycles. The van der Waals surface area contributed by atoms with Gasteiger partial charge < -0.3 is 37.0 Å². The summed E-state index contributed by atoms with van der Waals surface area (Å²) < 4.78 is 25.3. The summed E-state index contributed by atoms with van der Waals surface area (Å²) in [5.74, 6) is 0.786. The molecule has 8 N–H and O–H groups in total. The highest BCUT2D eigenvalue weighted by Gasteiger charge is 2.18. The second-order valence-corrected chi connectivity index (χ2v) is 13.8. The number of fused-ring (bicyclic) bond motifs is 1. The summed E-state index contributed by atoms with van der Waals surface area (Å²) in [6, 6.07) is 15.8. The van der Waals surface area contributed by atoms with Gasteiger partial charge >= 0.3 is 5.69 Å². The molecular formula is C36H53FN8O3. The van der Waals surface area contributed by atoms with Gasteiger partial charge in [-0.25, -0.2) is 9.18 Å². The molecule has 4 aromatic rings. The van der Waals surface area contributed by atoms with Gasteiger partial charge in [0.25, 0.3) is 0 Å². The maximum Gasteiger partial charge on any atom is 0.354 e. The Balaban J connectivity index is 0.000000286. The second-order valence-electron chi connectivity index (χ2n) is 13.8. The highest BCUT2D eigenvalue weighted by molar-refractivity contribution is 5.76. The molecule has 262 valence electrons. The number of aromatic nitrogens is 3. The maximum atomic E-state index is 13.1. The van der Waals surface area contributed by atoms with Crippen LogP contribution < -0.4 is 32.9 Å². The second kappa shape index (κ2) is 17.2. The van der Waals surface area contributed by atoms with E-state index in [0.29, 0.717) is 24.5 Å². The van der Waals surface area contributed by atoms with Crippen LogP contribution in [0.4, 0.5) is 4.39 Å². The van der Waals surface area contributed by atoms with E-state index in [9.17, 15) is 9.18 Å². The summed E-state index contributed by atoms with van der Waals surface area (Å²) in [6.45, 7) is 15.4. The number of halogens is 1. The van der Waals surface area contributed by atoms with Gasteiger partial charge in [0.15, 0.2) is 5.96 Å².